The molecule has 0 aliphatic carbocycles. The van der Waals surface area contributed by atoms with E-state index in [9.17, 15) is 4.39 Å². The first-order chi connectivity index (χ1) is 7.04. The average Bonchev–Trinajstić information content (AvgIpc) is 2.16. The van der Waals surface area contributed by atoms with Crippen LogP contribution in [0, 0.1) is 11.7 Å². The highest BCUT2D eigenvalue weighted by Gasteiger charge is 2.15. The van der Waals surface area contributed by atoms with Gasteiger partial charge in [-0.25, -0.2) is 4.39 Å². The number of alkyl halides is 1. The molecule has 0 bridgehead atoms. The van der Waals surface area contributed by atoms with Crippen LogP contribution in [-0.2, 0) is 6.42 Å². The molecule has 2 atom stereocenters. The van der Waals surface area contributed by atoms with Crippen molar-refractivity contribution in [3.05, 3.63) is 34.6 Å². The number of hydrogen-bond acceptors (Lipinski definition) is 0. The van der Waals surface area contributed by atoms with Gasteiger partial charge in [-0.1, -0.05) is 53.9 Å². The van der Waals surface area contributed by atoms with Gasteiger partial charge in [0, 0.05) is 9.85 Å². The van der Waals surface area contributed by atoms with Crippen molar-refractivity contribution in [1.29, 1.82) is 0 Å². The Morgan fingerprint density at radius 2 is 2.13 bits per heavy atom. The highest BCUT2D eigenvalue weighted by atomic mass is 79.9. The molecule has 0 aliphatic heterocycles. The number of halogens is 3. The molecule has 0 spiro atoms. The minimum absolute atomic E-state index is 0.200. The molecule has 0 aromatic heterocycles. The molecule has 84 valence electrons. The molecule has 0 nitrogen and oxygen atoms in total. The van der Waals surface area contributed by atoms with E-state index < -0.39 is 0 Å². The van der Waals surface area contributed by atoms with Crippen molar-refractivity contribution in [3.8, 4) is 0 Å². The maximum Gasteiger partial charge on any atom is 0.127 e. The van der Waals surface area contributed by atoms with Gasteiger partial charge in [-0.2, -0.15) is 0 Å². The predicted octanol–water partition coefficient (Wildman–Crippen LogP) is 4.83. The molecule has 0 amide bonds. The smallest absolute Gasteiger partial charge is 0.127 e. The molecule has 15 heavy (non-hydrogen) atoms. The zero-order valence-corrected chi connectivity index (χ0v) is 11.3. The molecule has 0 saturated carbocycles. The van der Waals surface area contributed by atoms with Crippen molar-refractivity contribution in [2.75, 3.05) is 0 Å². The van der Waals surface area contributed by atoms with Crippen LogP contribution < -0.4 is 0 Å². The van der Waals surface area contributed by atoms with E-state index in [1.807, 2.05) is 0 Å². The van der Waals surface area contributed by atoms with Crippen molar-refractivity contribution >= 4 is 27.5 Å². The van der Waals surface area contributed by atoms with Crippen LogP contribution in [0.25, 0.3) is 0 Å². The van der Waals surface area contributed by atoms with Crippen LogP contribution >= 0.6 is 27.5 Å². The lowest BCUT2D eigenvalue weighted by atomic mass is 9.94. The molecule has 0 saturated heterocycles. The maximum atomic E-state index is 13.5. The van der Waals surface area contributed by atoms with E-state index in [0.717, 1.165) is 18.4 Å². The Morgan fingerprint density at radius 1 is 1.47 bits per heavy atom. The lowest BCUT2D eigenvalue weighted by molar-refractivity contribution is 0.491. The summed E-state index contributed by atoms with van der Waals surface area (Å²) in [6, 6.07) is 4.89. The Bertz CT molecular complexity index is 325. The van der Waals surface area contributed by atoms with Crippen LogP contribution in [0.3, 0.4) is 0 Å². The Morgan fingerprint density at radius 3 is 2.60 bits per heavy atom. The number of rotatable bonds is 4. The van der Waals surface area contributed by atoms with Crippen LogP contribution in [0.15, 0.2) is 18.2 Å². The minimum Gasteiger partial charge on any atom is -0.207 e. The third kappa shape index (κ3) is 3.76. The molecule has 1 aromatic rings. The molecule has 0 fully saturated rings. The number of hydrogen-bond donors (Lipinski definition) is 0. The van der Waals surface area contributed by atoms with Gasteiger partial charge in [-0.15, -0.1) is 0 Å². The van der Waals surface area contributed by atoms with E-state index in [1.165, 1.54) is 6.07 Å². The fraction of sp³-hybridized carbons (Fsp3) is 0.500. The second-order valence-electron chi connectivity index (χ2n) is 3.79. The second kappa shape index (κ2) is 5.86. The van der Waals surface area contributed by atoms with E-state index in [2.05, 4.69) is 29.8 Å². The third-order valence-corrected chi connectivity index (χ3v) is 3.65. The summed E-state index contributed by atoms with van der Waals surface area (Å²) in [5.41, 5.74) is 0.748. The molecule has 2 unspecified atom stereocenters. The zero-order chi connectivity index (χ0) is 11.4. The van der Waals surface area contributed by atoms with Crippen LogP contribution in [0.1, 0.15) is 25.8 Å². The molecule has 0 aliphatic rings. The number of benzene rings is 1. The highest BCUT2D eigenvalue weighted by molar-refractivity contribution is 9.09. The Labute approximate surface area is 104 Å². The summed E-state index contributed by atoms with van der Waals surface area (Å²) >= 11 is 9.25. The van der Waals surface area contributed by atoms with Gasteiger partial charge in [0.25, 0.3) is 0 Å². The monoisotopic (exact) mass is 292 g/mol. The summed E-state index contributed by atoms with van der Waals surface area (Å²) in [4.78, 5) is 0.401. The van der Waals surface area contributed by atoms with Crippen molar-refractivity contribution in [1.82, 2.24) is 0 Å². The third-order valence-electron chi connectivity index (χ3n) is 2.67. The zero-order valence-electron chi connectivity index (χ0n) is 8.93. The summed E-state index contributed by atoms with van der Waals surface area (Å²) in [5, 5.41) is 0.455. The topological polar surface area (TPSA) is 0 Å². The first-order valence-electron chi connectivity index (χ1n) is 5.12. The van der Waals surface area contributed by atoms with Crippen LogP contribution in [0.4, 0.5) is 4.39 Å². The first kappa shape index (κ1) is 13.0. The largest absolute Gasteiger partial charge is 0.207 e. The van der Waals surface area contributed by atoms with E-state index in [1.54, 1.807) is 12.1 Å². The summed E-state index contributed by atoms with van der Waals surface area (Å²) in [6.45, 7) is 4.22. The van der Waals surface area contributed by atoms with Crippen molar-refractivity contribution < 1.29 is 4.39 Å². The van der Waals surface area contributed by atoms with E-state index in [0.29, 0.717) is 15.8 Å². The molecule has 0 N–H and O–H groups in total. The molecule has 1 rings (SSSR count). The normalized spacial score (nSPS) is 15.0. The highest BCUT2D eigenvalue weighted by Crippen LogP contribution is 2.24. The van der Waals surface area contributed by atoms with E-state index in [-0.39, 0.29) is 5.82 Å². The van der Waals surface area contributed by atoms with Gasteiger partial charge in [-0.3, -0.25) is 0 Å². The molecule has 0 heterocycles. The molecule has 3 heteroatoms. The fourth-order valence-corrected chi connectivity index (χ4v) is 2.32. The van der Waals surface area contributed by atoms with Crippen molar-refractivity contribution in [2.24, 2.45) is 5.92 Å². The van der Waals surface area contributed by atoms with E-state index >= 15 is 0 Å². The maximum absolute atomic E-state index is 13.5. The molecule has 0 radical (unpaired) electrons. The molecular weight excluding hydrogens is 278 g/mol. The van der Waals surface area contributed by atoms with Crippen molar-refractivity contribution in [2.45, 2.75) is 31.5 Å². The lowest BCUT2D eigenvalue weighted by Gasteiger charge is -2.17. The summed E-state index contributed by atoms with van der Waals surface area (Å²) in [7, 11) is 0. The first-order valence-corrected chi connectivity index (χ1v) is 6.42. The Kier molecular flexibility index (Phi) is 5.07. The van der Waals surface area contributed by atoms with Gasteiger partial charge < -0.3 is 0 Å². The predicted molar refractivity (Wildman–Crippen MR) is 67.3 cm³/mol. The van der Waals surface area contributed by atoms with Crippen molar-refractivity contribution in [3.63, 3.8) is 0 Å². The van der Waals surface area contributed by atoms with Crippen LogP contribution in [-0.4, -0.2) is 4.83 Å². The van der Waals surface area contributed by atoms with Gasteiger partial charge in [0.2, 0.25) is 0 Å². The Balaban J connectivity index is 2.79. The quantitative estimate of drug-likeness (QED) is 0.697. The summed E-state index contributed by atoms with van der Waals surface area (Å²) in [5.74, 6) is 0.259. The van der Waals surface area contributed by atoms with Crippen LogP contribution in [0.2, 0.25) is 5.02 Å². The lowest BCUT2D eigenvalue weighted by Crippen LogP contribution is -2.13. The van der Waals surface area contributed by atoms with Gasteiger partial charge in [0.05, 0.1) is 0 Å². The minimum atomic E-state index is -0.200. The SMILES string of the molecule is CCC(Cc1ccc(Cl)cc1F)C(C)Br. The van der Waals surface area contributed by atoms with Gasteiger partial charge in [0.1, 0.15) is 5.82 Å². The molecular formula is C12H15BrClF. The summed E-state index contributed by atoms with van der Waals surface area (Å²) < 4.78 is 13.5. The standard InChI is InChI=1S/C12H15BrClF/c1-3-9(8(2)13)6-10-4-5-11(14)7-12(10)15/h4-5,7-9H,3,6H2,1-2H3. The Hall–Kier alpha value is -0.0800. The van der Waals surface area contributed by atoms with Gasteiger partial charge in [-0.05, 0) is 30.0 Å². The average molecular weight is 294 g/mol. The van der Waals surface area contributed by atoms with Crippen LogP contribution in [0.5, 0.6) is 0 Å². The fourth-order valence-electron chi connectivity index (χ4n) is 1.60. The van der Waals surface area contributed by atoms with Gasteiger partial charge >= 0.3 is 0 Å². The summed E-state index contributed by atoms with van der Waals surface area (Å²) in [6.07, 6.45) is 1.79. The van der Waals surface area contributed by atoms with E-state index in [4.69, 9.17) is 11.6 Å². The molecule has 1 aromatic carbocycles. The van der Waals surface area contributed by atoms with Gasteiger partial charge in [0.15, 0.2) is 0 Å². The second-order valence-corrected chi connectivity index (χ2v) is 5.67.